The molecular weight excluding hydrogens is 232 g/mol. The topological polar surface area (TPSA) is 55.8 Å². The predicted molar refractivity (Wildman–Crippen MR) is 67.2 cm³/mol. The molecule has 0 spiro atoms. The Balaban J connectivity index is 2.39. The summed E-state index contributed by atoms with van der Waals surface area (Å²) in [5.74, 6) is 1.17. The van der Waals surface area contributed by atoms with Crippen LogP contribution >= 0.6 is 0 Å². The Hall–Kier alpha value is -1.55. The van der Waals surface area contributed by atoms with Crippen LogP contribution < -0.4 is 9.47 Å². The lowest BCUT2D eigenvalue weighted by Crippen LogP contribution is -2.43. The van der Waals surface area contributed by atoms with Crippen LogP contribution in [0.5, 0.6) is 11.5 Å². The van der Waals surface area contributed by atoms with Gasteiger partial charge in [-0.1, -0.05) is 13.3 Å². The zero-order valence-electron chi connectivity index (χ0n) is 10.7. The lowest BCUT2D eigenvalue weighted by Gasteiger charge is -2.34. The van der Waals surface area contributed by atoms with Crippen molar-refractivity contribution in [3.8, 4) is 11.5 Å². The minimum atomic E-state index is -0.781. The van der Waals surface area contributed by atoms with Gasteiger partial charge in [0.15, 0.2) is 5.78 Å². The van der Waals surface area contributed by atoms with Crippen molar-refractivity contribution < 1.29 is 19.4 Å². The van der Waals surface area contributed by atoms with Crippen LogP contribution in [0.4, 0.5) is 0 Å². The molecule has 4 nitrogen and oxygen atoms in total. The number of carbonyl (C=O) groups is 1. The first-order chi connectivity index (χ1) is 8.66. The van der Waals surface area contributed by atoms with E-state index >= 15 is 0 Å². The van der Waals surface area contributed by atoms with Crippen molar-refractivity contribution in [2.45, 2.75) is 19.8 Å². The highest BCUT2D eigenvalue weighted by Gasteiger charge is 2.43. The molecule has 1 heterocycles. The quantitative estimate of drug-likeness (QED) is 0.888. The molecule has 1 aromatic rings. The number of carbonyl (C=O) groups excluding carboxylic acids is 1. The SMILES string of the molecule is CCC[C@]1(CO)COc2cc(OC)ccc2C1=O. The Labute approximate surface area is 107 Å². The number of hydrogen-bond acceptors (Lipinski definition) is 4. The van der Waals surface area contributed by atoms with Crippen LogP contribution in [0.3, 0.4) is 0 Å². The summed E-state index contributed by atoms with van der Waals surface area (Å²) >= 11 is 0. The smallest absolute Gasteiger partial charge is 0.178 e. The third kappa shape index (κ3) is 1.97. The molecule has 1 aromatic carbocycles. The molecule has 0 saturated heterocycles. The Morgan fingerprint density at radius 3 is 2.89 bits per heavy atom. The van der Waals surface area contributed by atoms with Gasteiger partial charge in [0.1, 0.15) is 18.1 Å². The second-order valence-corrected chi connectivity index (χ2v) is 4.67. The van der Waals surface area contributed by atoms with Crippen LogP contribution in [0.25, 0.3) is 0 Å². The lowest BCUT2D eigenvalue weighted by atomic mass is 9.76. The summed E-state index contributed by atoms with van der Waals surface area (Å²) in [5, 5.41) is 9.54. The van der Waals surface area contributed by atoms with Gasteiger partial charge in [-0.05, 0) is 18.6 Å². The molecule has 1 N–H and O–H groups in total. The Bertz CT molecular complexity index is 455. The Kier molecular flexibility index (Phi) is 3.57. The molecule has 0 radical (unpaired) electrons. The summed E-state index contributed by atoms with van der Waals surface area (Å²) in [6.07, 6.45) is 1.47. The maximum atomic E-state index is 12.5. The van der Waals surface area contributed by atoms with Gasteiger partial charge in [-0.3, -0.25) is 4.79 Å². The van der Waals surface area contributed by atoms with Crippen molar-refractivity contribution in [2.75, 3.05) is 20.3 Å². The first-order valence-electron chi connectivity index (χ1n) is 6.13. The number of ether oxygens (including phenoxy) is 2. The second kappa shape index (κ2) is 4.98. The highest BCUT2D eigenvalue weighted by atomic mass is 16.5. The van der Waals surface area contributed by atoms with Crippen LogP contribution in [-0.4, -0.2) is 31.2 Å². The molecule has 18 heavy (non-hydrogen) atoms. The fourth-order valence-corrected chi connectivity index (χ4v) is 2.36. The highest BCUT2D eigenvalue weighted by Crippen LogP contribution is 2.38. The second-order valence-electron chi connectivity index (χ2n) is 4.67. The van der Waals surface area contributed by atoms with Crippen molar-refractivity contribution in [3.05, 3.63) is 23.8 Å². The molecular formula is C14H18O4. The third-order valence-corrected chi connectivity index (χ3v) is 3.45. The Morgan fingerprint density at radius 2 is 2.28 bits per heavy atom. The summed E-state index contributed by atoms with van der Waals surface area (Å²) in [4.78, 5) is 12.5. The molecule has 98 valence electrons. The van der Waals surface area contributed by atoms with E-state index in [0.717, 1.165) is 6.42 Å². The summed E-state index contributed by atoms with van der Waals surface area (Å²) in [6.45, 7) is 2.05. The van der Waals surface area contributed by atoms with Crippen LogP contribution in [-0.2, 0) is 0 Å². The van der Waals surface area contributed by atoms with Crippen molar-refractivity contribution >= 4 is 5.78 Å². The van der Waals surface area contributed by atoms with Gasteiger partial charge in [-0.2, -0.15) is 0 Å². The van der Waals surface area contributed by atoms with Gasteiger partial charge in [-0.25, -0.2) is 0 Å². The number of aliphatic hydroxyl groups is 1. The minimum Gasteiger partial charge on any atom is -0.497 e. The van der Waals surface area contributed by atoms with E-state index in [9.17, 15) is 9.90 Å². The van der Waals surface area contributed by atoms with E-state index in [1.54, 1.807) is 25.3 Å². The Morgan fingerprint density at radius 1 is 1.50 bits per heavy atom. The molecule has 0 unspecified atom stereocenters. The minimum absolute atomic E-state index is 0.0317. The molecule has 0 aliphatic carbocycles. The van der Waals surface area contributed by atoms with E-state index < -0.39 is 5.41 Å². The van der Waals surface area contributed by atoms with Crippen LogP contribution in [0.2, 0.25) is 0 Å². The van der Waals surface area contributed by atoms with Crippen molar-refractivity contribution in [1.29, 1.82) is 0 Å². The van der Waals surface area contributed by atoms with Gasteiger partial charge in [0.05, 0.1) is 24.7 Å². The fraction of sp³-hybridized carbons (Fsp3) is 0.500. The standard InChI is InChI=1S/C14H18O4/c1-3-6-14(8-15)9-18-12-7-10(17-2)4-5-11(12)13(14)16/h4-5,7,15H,3,6,8-9H2,1-2H3/t14-/m0/s1. The van der Waals surface area contributed by atoms with Gasteiger partial charge in [0, 0.05) is 6.07 Å². The zero-order valence-corrected chi connectivity index (χ0v) is 10.7. The number of hydrogen-bond donors (Lipinski definition) is 1. The molecule has 1 aliphatic heterocycles. The van der Waals surface area contributed by atoms with E-state index in [0.29, 0.717) is 23.5 Å². The summed E-state index contributed by atoms with van der Waals surface area (Å²) < 4.78 is 10.7. The van der Waals surface area contributed by atoms with Crippen LogP contribution in [0.15, 0.2) is 18.2 Å². The number of benzene rings is 1. The number of Topliss-reactive ketones (excluding diaryl/α,β-unsaturated/α-hetero) is 1. The van der Waals surface area contributed by atoms with Gasteiger partial charge < -0.3 is 14.6 Å². The lowest BCUT2D eigenvalue weighted by molar-refractivity contribution is 0.0343. The number of fused-ring (bicyclic) bond motifs is 1. The number of rotatable bonds is 4. The van der Waals surface area contributed by atoms with Crippen molar-refractivity contribution in [3.63, 3.8) is 0 Å². The van der Waals surface area contributed by atoms with Gasteiger partial charge in [-0.15, -0.1) is 0 Å². The van der Waals surface area contributed by atoms with E-state index in [2.05, 4.69) is 0 Å². The van der Waals surface area contributed by atoms with Gasteiger partial charge in [0.25, 0.3) is 0 Å². The average molecular weight is 250 g/mol. The first kappa shape index (κ1) is 12.9. The molecule has 0 amide bonds. The normalized spacial score (nSPS) is 22.3. The average Bonchev–Trinajstić information content (AvgIpc) is 2.42. The third-order valence-electron chi connectivity index (χ3n) is 3.45. The molecule has 0 bridgehead atoms. The molecule has 1 atom stereocenters. The van der Waals surface area contributed by atoms with E-state index in [-0.39, 0.29) is 19.0 Å². The molecule has 0 saturated carbocycles. The molecule has 2 rings (SSSR count). The van der Waals surface area contributed by atoms with Crippen LogP contribution in [0, 0.1) is 5.41 Å². The number of methoxy groups -OCH3 is 1. The molecule has 0 fully saturated rings. The first-order valence-corrected chi connectivity index (χ1v) is 6.13. The largest absolute Gasteiger partial charge is 0.497 e. The molecule has 0 aromatic heterocycles. The van der Waals surface area contributed by atoms with Crippen LogP contribution in [0.1, 0.15) is 30.1 Å². The molecule has 1 aliphatic rings. The fourth-order valence-electron chi connectivity index (χ4n) is 2.36. The van der Waals surface area contributed by atoms with Gasteiger partial charge >= 0.3 is 0 Å². The molecule has 4 heteroatoms. The zero-order chi connectivity index (χ0) is 13.2. The maximum Gasteiger partial charge on any atom is 0.178 e. The number of aliphatic hydroxyl groups excluding tert-OH is 1. The van der Waals surface area contributed by atoms with E-state index in [1.165, 1.54) is 0 Å². The number of ketones is 1. The predicted octanol–water partition coefficient (Wildman–Crippen LogP) is 2.05. The van der Waals surface area contributed by atoms with Crippen molar-refractivity contribution in [1.82, 2.24) is 0 Å². The van der Waals surface area contributed by atoms with Crippen molar-refractivity contribution in [2.24, 2.45) is 5.41 Å². The monoisotopic (exact) mass is 250 g/mol. The van der Waals surface area contributed by atoms with E-state index in [1.807, 2.05) is 6.92 Å². The summed E-state index contributed by atoms with van der Waals surface area (Å²) in [5.41, 5.74) is -0.249. The highest BCUT2D eigenvalue weighted by molar-refractivity contribution is 6.04. The summed E-state index contributed by atoms with van der Waals surface area (Å²) in [6, 6.07) is 5.15. The van der Waals surface area contributed by atoms with E-state index in [4.69, 9.17) is 9.47 Å². The van der Waals surface area contributed by atoms with Gasteiger partial charge in [0.2, 0.25) is 0 Å². The maximum absolute atomic E-state index is 12.5. The summed E-state index contributed by atoms with van der Waals surface area (Å²) in [7, 11) is 1.57.